The van der Waals surface area contributed by atoms with Crippen LogP contribution in [-0.2, 0) is 26.4 Å². The third-order valence-corrected chi connectivity index (χ3v) is 7.47. The second-order valence-electron chi connectivity index (χ2n) is 7.74. The summed E-state index contributed by atoms with van der Waals surface area (Å²) in [7, 11) is 1.42. The summed E-state index contributed by atoms with van der Waals surface area (Å²) in [6, 6.07) is 5.97. The lowest BCUT2D eigenvalue weighted by Gasteiger charge is -2.32. The second kappa shape index (κ2) is 6.97. The lowest BCUT2D eigenvalue weighted by atomic mass is 9.84. The van der Waals surface area contributed by atoms with Gasteiger partial charge in [-0.05, 0) is 44.0 Å². The number of amides is 1. The van der Waals surface area contributed by atoms with E-state index >= 15 is 0 Å². The number of anilines is 2. The number of carbonyl (C=O) groups is 2. The fourth-order valence-corrected chi connectivity index (χ4v) is 6.06. The van der Waals surface area contributed by atoms with Crippen LogP contribution in [0.4, 0.5) is 11.4 Å². The largest absolute Gasteiger partial charge is 0.469 e. The van der Waals surface area contributed by atoms with E-state index in [1.807, 2.05) is 18.2 Å². The summed E-state index contributed by atoms with van der Waals surface area (Å²) in [6.45, 7) is 1.41. The number of nitrogens with one attached hydrogen (secondary N) is 2. The van der Waals surface area contributed by atoms with Crippen molar-refractivity contribution in [1.82, 2.24) is 9.88 Å². The van der Waals surface area contributed by atoms with Crippen LogP contribution in [0.15, 0.2) is 24.4 Å². The summed E-state index contributed by atoms with van der Waals surface area (Å²) in [4.78, 5) is 33.0. The zero-order chi connectivity index (χ0) is 20.2. The molecule has 2 saturated heterocycles. The summed E-state index contributed by atoms with van der Waals surface area (Å²) < 4.78 is 5.57. The maximum atomic E-state index is 13.2. The van der Waals surface area contributed by atoms with Crippen LogP contribution in [0.3, 0.4) is 0 Å². The Morgan fingerprint density at radius 2 is 2.38 bits per heavy atom. The Hall–Kier alpha value is -2.16. The highest BCUT2D eigenvalue weighted by atomic mass is 35.5. The smallest absolute Gasteiger partial charge is 0.310 e. The van der Waals surface area contributed by atoms with E-state index in [-0.39, 0.29) is 23.8 Å². The first kappa shape index (κ1) is 18.8. The topological polar surface area (TPSA) is 83.6 Å². The summed E-state index contributed by atoms with van der Waals surface area (Å²) in [5, 5.41) is 6.43. The Labute approximate surface area is 177 Å². The summed E-state index contributed by atoms with van der Waals surface area (Å²) in [6.07, 6.45) is 4.10. The number of carbonyl (C=O) groups excluding carboxylic acids is 2. The number of benzene rings is 1. The summed E-state index contributed by atoms with van der Waals surface area (Å²) in [5.74, 6) is -0.552. The molecule has 0 saturated carbocycles. The number of methoxy groups -OCH3 is 1. The molecule has 3 aliphatic heterocycles. The van der Waals surface area contributed by atoms with Crippen LogP contribution in [0, 0.1) is 5.92 Å². The van der Waals surface area contributed by atoms with Crippen LogP contribution in [0.25, 0.3) is 0 Å². The maximum Gasteiger partial charge on any atom is 0.310 e. The van der Waals surface area contributed by atoms with Crippen LogP contribution in [-0.4, -0.2) is 41.5 Å². The molecular weight excluding hydrogens is 412 g/mol. The third kappa shape index (κ3) is 2.85. The molecule has 0 aliphatic carbocycles. The fraction of sp³-hybridized carbons (Fsp3) is 0.450. The summed E-state index contributed by atoms with van der Waals surface area (Å²) >= 11 is 7.35. The van der Waals surface area contributed by atoms with Crippen molar-refractivity contribution in [1.29, 1.82) is 0 Å². The van der Waals surface area contributed by atoms with Gasteiger partial charge in [0.1, 0.15) is 5.54 Å². The normalized spacial score (nSPS) is 27.7. The SMILES string of the molecule is COC(=O)C1CC2(C(=O)Nc3ccc(NCc4cnc(Cl)s4)cc32)N2CCCC12. The van der Waals surface area contributed by atoms with Crippen molar-refractivity contribution < 1.29 is 14.3 Å². The van der Waals surface area contributed by atoms with Crippen molar-refractivity contribution in [2.75, 3.05) is 24.3 Å². The van der Waals surface area contributed by atoms with Gasteiger partial charge in [0.15, 0.2) is 4.47 Å². The number of aromatic nitrogens is 1. The molecule has 3 aliphatic rings. The average Bonchev–Trinajstić information content (AvgIpc) is 3.46. The van der Waals surface area contributed by atoms with Gasteiger partial charge in [0, 0.05) is 34.1 Å². The van der Waals surface area contributed by atoms with Crippen molar-refractivity contribution in [3.8, 4) is 0 Å². The van der Waals surface area contributed by atoms with E-state index in [2.05, 4.69) is 20.5 Å². The standard InChI is InChI=1S/C20H21ClN4O3S/c1-28-17(26)13-8-20(25-6-2-3-16(13)25)14-7-11(4-5-15(14)24-18(20)27)22-9-12-10-23-19(21)29-12/h4-5,7,10,13,16,22H,2-3,6,8-9H2,1H3,(H,24,27). The van der Waals surface area contributed by atoms with Gasteiger partial charge in [-0.25, -0.2) is 4.98 Å². The zero-order valence-corrected chi connectivity index (χ0v) is 17.5. The minimum Gasteiger partial charge on any atom is -0.469 e. The minimum atomic E-state index is -0.805. The van der Waals surface area contributed by atoms with Crippen LogP contribution < -0.4 is 10.6 Å². The number of thiazole rings is 1. The lowest BCUT2D eigenvalue weighted by Crippen LogP contribution is -2.47. The predicted molar refractivity (Wildman–Crippen MR) is 111 cm³/mol. The first-order valence-electron chi connectivity index (χ1n) is 9.67. The Bertz CT molecular complexity index is 996. The molecule has 9 heteroatoms. The first-order valence-corrected chi connectivity index (χ1v) is 10.9. The number of esters is 1. The number of nitrogens with zero attached hydrogens (tertiary/aromatic N) is 2. The van der Waals surface area contributed by atoms with Gasteiger partial charge in [0.25, 0.3) is 0 Å². The molecule has 1 aromatic carbocycles. The van der Waals surface area contributed by atoms with Crippen molar-refractivity contribution in [2.45, 2.75) is 37.4 Å². The number of hydrogen-bond donors (Lipinski definition) is 2. The molecule has 0 bridgehead atoms. The molecule has 5 rings (SSSR count). The van der Waals surface area contributed by atoms with E-state index in [0.717, 1.165) is 41.2 Å². The zero-order valence-electron chi connectivity index (χ0n) is 15.9. The van der Waals surface area contributed by atoms with Crippen molar-refractivity contribution >= 4 is 46.2 Å². The molecule has 1 spiro atoms. The average molecular weight is 433 g/mol. The number of hydrogen-bond acceptors (Lipinski definition) is 7. The van der Waals surface area contributed by atoms with Gasteiger partial charge >= 0.3 is 5.97 Å². The van der Waals surface area contributed by atoms with Gasteiger partial charge in [-0.1, -0.05) is 11.6 Å². The quantitative estimate of drug-likeness (QED) is 0.722. The Morgan fingerprint density at radius 3 is 3.14 bits per heavy atom. The molecule has 1 aromatic heterocycles. The van der Waals surface area contributed by atoms with E-state index in [1.54, 1.807) is 6.20 Å². The molecule has 3 atom stereocenters. The molecule has 3 unspecified atom stereocenters. The molecule has 2 fully saturated rings. The number of halogens is 1. The van der Waals surface area contributed by atoms with Gasteiger partial charge in [0.05, 0.1) is 19.6 Å². The fourth-order valence-electron chi connectivity index (χ4n) is 5.14. The van der Waals surface area contributed by atoms with Crippen molar-refractivity contribution in [3.05, 3.63) is 39.3 Å². The van der Waals surface area contributed by atoms with Crippen LogP contribution >= 0.6 is 22.9 Å². The molecule has 152 valence electrons. The van der Waals surface area contributed by atoms with Crippen LogP contribution in [0.1, 0.15) is 29.7 Å². The molecule has 7 nitrogen and oxygen atoms in total. The molecule has 0 radical (unpaired) electrons. The monoisotopic (exact) mass is 432 g/mol. The highest BCUT2D eigenvalue weighted by molar-refractivity contribution is 7.15. The van der Waals surface area contributed by atoms with E-state index in [1.165, 1.54) is 18.4 Å². The minimum absolute atomic E-state index is 0.0443. The van der Waals surface area contributed by atoms with Crippen molar-refractivity contribution in [3.63, 3.8) is 0 Å². The Morgan fingerprint density at radius 1 is 1.52 bits per heavy atom. The van der Waals surface area contributed by atoms with Crippen LogP contribution in [0.2, 0.25) is 4.47 Å². The van der Waals surface area contributed by atoms with Gasteiger partial charge in [-0.2, -0.15) is 0 Å². The number of rotatable bonds is 4. The van der Waals surface area contributed by atoms with Crippen LogP contribution in [0.5, 0.6) is 0 Å². The van der Waals surface area contributed by atoms with E-state index in [9.17, 15) is 9.59 Å². The molecule has 29 heavy (non-hydrogen) atoms. The van der Waals surface area contributed by atoms with Gasteiger partial charge in [0.2, 0.25) is 5.91 Å². The van der Waals surface area contributed by atoms with E-state index < -0.39 is 5.54 Å². The van der Waals surface area contributed by atoms with Crippen molar-refractivity contribution in [2.24, 2.45) is 5.92 Å². The molecule has 2 aromatic rings. The second-order valence-corrected chi connectivity index (χ2v) is 9.44. The van der Waals surface area contributed by atoms with E-state index in [0.29, 0.717) is 17.4 Å². The maximum absolute atomic E-state index is 13.2. The summed E-state index contributed by atoms with van der Waals surface area (Å²) in [5.41, 5.74) is 1.87. The molecule has 4 heterocycles. The van der Waals surface area contributed by atoms with E-state index in [4.69, 9.17) is 16.3 Å². The van der Waals surface area contributed by atoms with Gasteiger partial charge < -0.3 is 15.4 Å². The van der Waals surface area contributed by atoms with Gasteiger partial charge in [-0.3, -0.25) is 14.5 Å². The Kier molecular flexibility index (Phi) is 4.53. The number of fused-ring (bicyclic) bond motifs is 4. The van der Waals surface area contributed by atoms with Gasteiger partial charge in [-0.15, -0.1) is 11.3 Å². The molecule has 2 N–H and O–H groups in total. The number of ether oxygens (including phenoxy) is 1. The lowest BCUT2D eigenvalue weighted by molar-refractivity contribution is -0.146. The first-order chi connectivity index (χ1) is 14.0. The predicted octanol–water partition coefficient (Wildman–Crippen LogP) is 3.21. The molecule has 1 amide bonds. The highest BCUT2D eigenvalue weighted by Crippen LogP contribution is 2.54. The Balaban J connectivity index is 1.48. The molecular formula is C20H21ClN4O3S. The third-order valence-electron chi connectivity index (χ3n) is 6.35. The highest BCUT2D eigenvalue weighted by Gasteiger charge is 2.63.